The molecule has 2 rings (SSSR count). The molecule has 0 amide bonds. The Kier molecular flexibility index (Phi) is 3.57. The summed E-state index contributed by atoms with van der Waals surface area (Å²) in [5.74, 6) is 0. The zero-order chi connectivity index (χ0) is 14.0. The molecule has 6 heteroatoms. The van der Waals surface area contributed by atoms with Crippen molar-refractivity contribution in [1.82, 2.24) is 4.98 Å². The van der Waals surface area contributed by atoms with Crippen molar-refractivity contribution in [1.29, 1.82) is 0 Å². The van der Waals surface area contributed by atoms with Crippen LogP contribution >= 0.6 is 11.6 Å². The lowest BCUT2D eigenvalue weighted by molar-refractivity contribution is -0.137. The molecule has 0 saturated heterocycles. The van der Waals surface area contributed by atoms with Crippen LogP contribution in [0.25, 0.3) is 11.3 Å². The first-order valence-corrected chi connectivity index (χ1v) is 5.58. The minimum Gasteiger partial charge on any atom is -0.298 e. The van der Waals surface area contributed by atoms with Crippen molar-refractivity contribution in [3.8, 4) is 11.3 Å². The highest BCUT2D eigenvalue weighted by atomic mass is 35.5. The van der Waals surface area contributed by atoms with E-state index in [1.807, 2.05) is 0 Å². The van der Waals surface area contributed by atoms with Gasteiger partial charge in [0.05, 0.1) is 16.3 Å². The van der Waals surface area contributed by atoms with Gasteiger partial charge < -0.3 is 0 Å². The number of hydrogen-bond donors (Lipinski definition) is 0. The smallest absolute Gasteiger partial charge is 0.298 e. The summed E-state index contributed by atoms with van der Waals surface area (Å²) in [5.41, 5.74) is -0.723. The Balaban J connectivity index is 2.63. The highest BCUT2D eigenvalue weighted by Crippen LogP contribution is 2.38. The van der Waals surface area contributed by atoms with Crippen LogP contribution in [0.4, 0.5) is 13.2 Å². The molecule has 1 heterocycles. The summed E-state index contributed by atoms with van der Waals surface area (Å²) in [7, 11) is 0. The fourth-order valence-corrected chi connectivity index (χ4v) is 1.93. The quantitative estimate of drug-likeness (QED) is 0.773. The molecule has 19 heavy (non-hydrogen) atoms. The van der Waals surface area contributed by atoms with Gasteiger partial charge in [-0.2, -0.15) is 13.2 Å². The first-order chi connectivity index (χ1) is 8.93. The molecule has 0 aliphatic carbocycles. The van der Waals surface area contributed by atoms with Gasteiger partial charge in [0, 0.05) is 17.3 Å². The predicted octanol–water partition coefficient (Wildman–Crippen LogP) is 4.23. The van der Waals surface area contributed by atoms with E-state index in [1.165, 1.54) is 30.5 Å². The number of carbonyl (C=O) groups excluding carboxylic acids is 1. The summed E-state index contributed by atoms with van der Waals surface area (Å²) in [5, 5.41) is 0.00120. The molecule has 1 aromatic carbocycles. The Morgan fingerprint density at radius 3 is 2.47 bits per heavy atom. The number of alkyl halides is 3. The Bertz CT molecular complexity index is 626. The summed E-state index contributed by atoms with van der Waals surface area (Å²) >= 11 is 5.88. The van der Waals surface area contributed by atoms with E-state index < -0.39 is 11.7 Å². The van der Waals surface area contributed by atoms with E-state index in [0.717, 1.165) is 6.07 Å². The van der Waals surface area contributed by atoms with E-state index >= 15 is 0 Å². The van der Waals surface area contributed by atoms with Crippen molar-refractivity contribution in [3.63, 3.8) is 0 Å². The number of pyridine rings is 1. The second-order valence-corrected chi connectivity index (χ2v) is 4.17. The molecule has 0 aliphatic rings. The average molecular weight is 286 g/mol. The van der Waals surface area contributed by atoms with Crippen LogP contribution in [0.15, 0.2) is 36.5 Å². The van der Waals surface area contributed by atoms with E-state index in [0.29, 0.717) is 6.29 Å². The first-order valence-electron chi connectivity index (χ1n) is 5.21. The van der Waals surface area contributed by atoms with Crippen LogP contribution in [0, 0.1) is 0 Å². The molecular weight excluding hydrogens is 279 g/mol. The summed E-state index contributed by atoms with van der Waals surface area (Å²) in [6, 6.07) is 6.29. The zero-order valence-electron chi connectivity index (χ0n) is 9.41. The Morgan fingerprint density at radius 2 is 1.89 bits per heavy atom. The minimum absolute atomic E-state index is 0.000177. The topological polar surface area (TPSA) is 30.0 Å². The van der Waals surface area contributed by atoms with Crippen molar-refractivity contribution in [2.45, 2.75) is 6.18 Å². The van der Waals surface area contributed by atoms with Gasteiger partial charge in [0.2, 0.25) is 0 Å². The highest BCUT2D eigenvalue weighted by Gasteiger charge is 2.34. The van der Waals surface area contributed by atoms with Crippen molar-refractivity contribution >= 4 is 17.9 Å². The molecule has 2 aromatic rings. The SMILES string of the molecule is O=Cc1cnc(-c2ccccc2C(F)(F)F)c(Cl)c1. The van der Waals surface area contributed by atoms with Gasteiger partial charge in [0.25, 0.3) is 0 Å². The maximum Gasteiger partial charge on any atom is 0.417 e. The Morgan fingerprint density at radius 1 is 1.21 bits per heavy atom. The molecule has 98 valence electrons. The molecule has 0 radical (unpaired) electrons. The molecule has 2 nitrogen and oxygen atoms in total. The van der Waals surface area contributed by atoms with Crippen molar-refractivity contribution in [3.05, 3.63) is 52.7 Å². The van der Waals surface area contributed by atoms with Gasteiger partial charge in [-0.3, -0.25) is 9.78 Å². The van der Waals surface area contributed by atoms with Crippen molar-refractivity contribution < 1.29 is 18.0 Å². The molecule has 1 aromatic heterocycles. The maximum absolute atomic E-state index is 12.9. The van der Waals surface area contributed by atoms with Crippen LogP contribution in [0.2, 0.25) is 5.02 Å². The molecule has 0 N–H and O–H groups in total. The molecule has 0 aliphatic heterocycles. The standard InChI is InChI=1S/C13H7ClF3NO/c14-11-5-8(7-19)6-18-12(11)9-3-1-2-4-10(9)13(15,16)17/h1-7H. The molecular formula is C13H7ClF3NO. The van der Waals surface area contributed by atoms with Gasteiger partial charge in [-0.25, -0.2) is 0 Å². The van der Waals surface area contributed by atoms with Crippen LogP contribution in [-0.2, 0) is 6.18 Å². The average Bonchev–Trinajstić information content (AvgIpc) is 2.37. The molecule has 0 saturated carbocycles. The number of hydrogen-bond acceptors (Lipinski definition) is 2. The van der Waals surface area contributed by atoms with Crippen LogP contribution < -0.4 is 0 Å². The second kappa shape index (κ2) is 5.01. The van der Waals surface area contributed by atoms with Crippen LogP contribution in [0.3, 0.4) is 0 Å². The zero-order valence-corrected chi connectivity index (χ0v) is 10.2. The van der Waals surface area contributed by atoms with Crippen molar-refractivity contribution in [2.75, 3.05) is 0 Å². The number of rotatable bonds is 2. The van der Waals surface area contributed by atoms with E-state index in [2.05, 4.69) is 4.98 Å². The second-order valence-electron chi connectivity index (χ2n) is 3.76. The summed E-state index contributed by atoms with van der Waals surface area (Å²) in [4.78, 5) is 14.4. The Hall–Kier alpha value is -1.88. The van der Waals surface area contributed by atoms with E-state index in [1.54, 1.807) is 0 Å². The molecule has 0 unspecified atom stereocenters. The largest absolute Gasteiger partial charge is 0.417 e. The molecule has 0 bridgehead atoms. The van der Waals surface area contributed by atoms with Gasteiger partial charge in [-0.05, 0) is 12.1 Å². The fourth-order valence-electron chi connectivity index (χ4n) is 1.65. The Labute approximate surface area is 111 Å². The summed E-state index contributed by atoms with van der Waals surface area (Å²) in [6.45, 7) is 0. The van der Waals surface area contributed by atoms with Crippen LogP contribution in [-0.4, -0.2) is 11.3 Å². The highest BCUT2D eigenvalue weighted by molar-refractivity contribution is 6.33. The number of aromatic nitrogens is 1. The predicted molar refractivity (Wildman–Crippen MR) is 65.1 cm³/mol. The normalized spacial score (nSPS) is 11.4. The van der Waals surface area contributed by atoms with Gasteiger partial charge in [-0.15, -0.1) is 0 Å². The van der Waals surface area contributed by atoms with E-state index in [9.17, 15) is 18.0 Å². The first kappa shape index (κ1) is 13.5. The van der Waals surface area contributed by atoms with Crippen LogP contribution in [0.1, 0.15) is 15.9 Å². The molecule has 0 spiro atoms. The third-order valence-corrected chi connectivity index (χ3v) is 2.77. The monoisotopic (exact) mass is 285 g/mol. The number of benzene rings is 1. The van der Waals surface area contributed by atoms with E-state index in [-0.39, 0.29) is 21.8 Å². The van der Waals surface area contributed by atoms with Crippen LogP contribution in [0.5, 0.6) is 0 Å². The number of carbonyl (C=O) groups is 1. The van der Waals surface area contributed by atoms with Gasteiger partial charge in [0.15, 0.2) is 6.29 Å². The lowest BCUT2D eigenvalue weighted by atomic mass is 10.0. The maximum atomic E-state index is 12.9. The fraction of sp³-hybridized carbons (Fsp3) is 0.0769. The van der Waals surface area contributed by atoms with Crippen molar-refractivity contribution in [2.24, 2.45) is 0 Å². The van der Waals surface area contributed by atoms with Gasteiger partial charge in [0.1, 0.15) is 0 Å². The van der Waals surface area contributed by atoms with E-state index in [4.69, 9.17) is 11.6 Å². The minimum atomic E-state index is -4.50. The van der Waals surface area contributed by atoms with Gasteiger partial charge in [-0.1, -0.05) is 29.8 Å². The van der Waals surface area contributed by atoms with Gasteiger partial charge >= 0.3 is 6.18 Å². The number of halogens is 4. The molecule has 0 fully saturated rings. The lowest BCUT2D eigenvalue weighted by Crippen LogP contribution is -2.07. The third-order valence-electron chi connectivity index (χ3n) is 2.49. The number of nitrogens with zero attached hydrogens (tertiary/aromatic N) is 1. The third kappa shape index (κ3) is 2.76. The number of aldehydes is 1. The summed E-state index contributed by atoms with van der Waals surface area (Å²) in [6.07, 6.45) is -2.79. The molecule has 0 atom stereocenters. The lowest BCUT2D eigenvalue weighted by Gasteiger charge is -2.13. The summed E-state index contributed by atoms with van der Waals surface area (Å²) < 4.78 is 38.7.